The molecule has 0 aliphatic carbocycles. The summed E-state index contributed by atoms with van der Waals surface area (Å²) in [4.78, 5) is 45.7. The minimum absolute atomic E-state index is 0.0369. The normalized spacial score (nSPS) is 12.3. The van der Waals surface area contributed by atoms with Gasteiger partial charge in [-0.2, -0.15) is 0 Å². The summed E-state index contributed by atoms with van der Waals surface area (Å²) in [5.41, 5.74) is 0.667. The maximum absolute atomic E-state index is 12.1. The Balaban J connectivity index is 1.80. The second kappa shape index (κ2) is 12.0. The molecule has 170 valence electrons. The van der Waals surface area contributed by atoms with E-state index in [0.717, 1.165) is 5.56 Å². The maximum Gasteiger partial charge on any atom is 0.407 e. The Morgan fingerprint density at radius 2 is 1.72 bits per heavy atom. The van der Waals surface area contributed by atoms with Crippen molar-refractivity contribution in [3.05, 3.63) is 75.8 Å². The van der Waals surface area contributed by atoms with E-state index in [1.165, 1.54) is 24.3 Å². The number of benzene rings is 2. The van der Waals surface area contributed by atoms with Crippen LogP contribution in [0.15, 0.2) is 54.6 Å². The second-order valence-corrected chi connectivity index (χ2v) is 6.85. The Bertz CT molecular complexity index is 951. The molecular formula is C21H23N3O8. The van der Waals surface area contributed by atoms with E-state index in [2.05, 4.69) is 10.6 Å². The number of hydrogen-bond acceptors (Lipinski definition) is 7. The molecule has 4 N–H and O–H groups in total. The number of carbonyl (C=O) groups excluding carboxylic acids is 2. The van der Waals surface area contributed by atoms with Crippen LogP contribution in [0.3, 0.4) is 0 Å². The van der Waals surface area contributed by atoms with Crippen LogP contribution in [0.4, 0.5) is 10.5 Å². The number of amides is 2. The third-order valence-electron chi connectivity index (χ3n) is 4.36. The summed E-state index contributed by atoms with van der Waals surface area (Å²) in [5.74, 6) is -2.17. The molecule has 2 aromatic carbocycles. The number of nitrogens with one attached hydrogen (secondary N) is 2. The highest BCUT2D eigenvalue weighted by Crippen LogP contribution is 2.19. The number of rotatable bonds is 11. The lowest BCUT2D eigenvalue weighted by atomic mass is 10.0. The summed E-state index contributed by atoms with van der Waals surface area (Å²) in [5, 5.41) is 34.9. The molecule has 0 saturated heterocycles. The summed E-state index contributed by atoms with van der Waals surface area (Å²) in [6, 6.07) is 13.1. The van der Waals surface area contributed by atoms with Crippen molar-refractivity contribution in [2.45, 2.75) is 31.6 Å². The Kier molecular flexibility index (Phi) is 9.11. The fourth-order valence-electron chi connectivity index (χ4n) is 2.80. The minimum Gasteiger partial charge on any atom is -0.480 e. The molecule has 2 amide bonds. The molecule has 0 saturated carbocycles. The topological polar surface area (TPSA) is 168 Å². The number of aliphatic hydroxyl groups is 1. The lowest BCUT2D eigenvalue weighted by molar-refractivity contribution is -0.385. The van der Waals surface area contributed by atoms with E-state index >= 15 is 0 Å². The zero-order chi connectivity index (χ0) is 23.5. The zero-order valence-electron chi connectivity index (χ0n) is 17.0. The molecule has 0 aliphatic heterocycles. The molecule has 11 nitrogen and oxygen atoms in total. The van der Waals surface area contributed by atoms with Gasteiger partial charge in [-0.3, -0.25) is 14.9 Å². The van der Waals surface area contributed by atoms with E-state index in [0.29, 0.717) is 0 Å². The Hall–Kier alpha value is -3.99. The molecule has 0 fully saturated rings. The van der Waals surface area contributed by atoms with Gasteiger partial charge >= 0.3 is 12.1 Å². The fraction of sp³-hybridized carbons (Fsp3) is 0.286. The first-order chi connectivity index (χ1) is 15.3. The number of carbonyl (C=O) groups is 3. The summed E-state index contributed by atoms with van der Waals surface area (Å²) in [6.45, 7) is -0.252. The molecule has 32 heavy (non-hydrogen) atoms. The van der Waals surface area contributed by atoms with E-state index in [1.807, 2.05) is 6.07 Å². The number of hydrogen-bond donors (Lipinski definition) is 4. The van der Waals surface area contributed by atoms with E-state index in [4.69, 9.17) is 4.74 Å². The second-order valence-electron chi connectivity index (χ2n) is 6.85. The first kappa shape index (κ1) is 24.3. The van der Waals surface area contributed by atoms with Crippen LogP contribution in [0.25, 0.3) is 0 Å². The van der Waals surface area contributed by atoms with Crippen molar-refractivity contribution in [1.82, 2.24) is 10.6 Å². The molecule has 0 aromatic heterocycles. The largest absolute Gasteiger partial charge is 0.480 e. The van der Waals surface area contributed by atoms with Crippen molar-refractivity contribution in [3.8, 4) is 0 Å². The molecule has 0 aliphatic rings. The van der Waals surface area contributed by atoms with Gasteiger partial charge in [0.15, 0.2) is 0 Å². The summed E-state index contributed by atoms with van der Waals surface area (Å²) in [7, 11) is 0. The van der Waals surface area contributed by atoms with Crippen molar-refractivity contribution >= 4 is 23.7 Å². The van der Waals surface area contributed by atoms with Crippen LogP contribution >= 0.6 is 0 Å². The number of nitro groups is 1. The van der Waals surface area contributed by atoms with Crippen molar-refractivity contribution in [3.63, 3.8) is 0 Å². The number of ether oxygens (including phenoxy) is 1. The molecule has 0 spiro atoms. The first-order valence-corrected chi connectivity index (χ1v) is 9.63. The van der Waals surface area contributed by atoms with Crippen LogP contribution in [0.1, 0.15) is 17.5 Å². The fourth-order valence-corrected chi connectivity index (χ4v) is 2.80. The summed E-state index contributed by atoms with van der Waals surface area (Å²) < 4.78 is 4.98. The molecule has 2 rings (SSSR count). The minimum atomic E-state index is -1.43. The Labute approximate surface area is 183 Å². The predicted octanol–water partition coefficient (Wildman–Crippen LogP) is 1.38. The van der Waals surface area contributed by atoms with Crippen LogP contribution in [-0.4, -0.2) is 51.8 Å². The number of carboxylic acid groups (broad SMARTS) is 1. The van der Waals surface area contributed by atoms with Crippen molar-refractivity contribution in [2.75, 3.05) is 6.54 Å². The van der Waals surface area contributed by atoms with Crippen LogP contribution in [0.2, 0.25) is 0 Å². The Morgan fingerprint density at radius 3 is 2.38 bits per heavy atom. The molecule has 2 atom stereocenters. The molecule has 0 radical (unpaired) electrons. The van der Waals surface area contributed by atoms with Crippen molar-refractivity contribution < 1.29 is 34.3 Å². The number of para-hydroxylation sites is 1. The van der Waals surface area contributed by atoms with Gasteiger partial charge in [-0.25, -0.2) is 9.59 Å². The highest BCUT2D eigenvalue weighted by atomic mass is 16.6. The van der Waals surface area contributed by atoms with Crippen LogP contribution in [-0.2, 0) is 27.4 Å². The van der Waals surface area contributed by atoms with Gasteiger partial charge in [0, 0.05) is 24.6 Å². The molecule has 2 aromatic rings. The standard InChI is InChI=1S/C21H23N3O8/c25-16(12-22-21(29)32-13-14-6-2-1-3-7-14)11-19(26)23-17(20(27)28)10-15-8-4-5-9-18(15)24(30)31/h1-9,16-17,25H,10-13H2,(H,22,29)(H,23,26)(H,27,28)/t16-,17-/m1/s1. The van der Waals surface area contributed by atoms with Gasteiger partial charge in [0.1, 0.15) is 12.6 Å². The van der Waals surface area contributed by atoms with E-state index in [9.17, 15) is 34.7 Å². The van der Waals surface area contributed by atoms with E-state index in [1.54, 1.807) is 24.3 Å². The lowest BCUT2D eigenvalue weighted by Gasteiger charge is -2.17. The van der Waals surface area contributed by atoms with Crippen LogP contribution < -0.4 is 10.6 Å². The molecule has 0 unspecified atom stereocenters. The average Bonchev–Trinajstić information content (AvgIpc) is 2.76. The van der Waals surface area contributed by atoms with Gasteiger partial charge in [0.2, 0.25) is 5.91 Å². The highest BCUT2D eigenvalue weighted by Gasteiger charge is 2.25. The molecule has 0 bridgehead atoms. The first-order valence-electron chi connectivity index (χ1n) is 9.63. The molecule has 0 heterocycles. The average molecular weight is 445 g/mol. The highest BCUT2D eigenvalue weighted by molar-refractivity contribution is 5.84. The van der Waals surface area contributed by atoms with Crippen LogP contribution in [0.5, 0.6) is 0 Å². The number of alkyl carbamates (subject to hydrolysis) is 1. The molecule has 11 heteroatoms. The van der Waals surface area contributed by atoms with Gasteiger partial charge in [-0.15, -0.1) is 0 Å². The summed E-state index contributed by atoms with van der Waals surface area (Å²) >= 11 is 0. The van der Waals surface area contributed by atoms with Crippen molar-refractivity contribution in [2.24, 2.45) is 0 Å². The van der Waals surface area contributed by atoms with E-state index in [-0.39, 0.29) is 30.8 Å². The van der Waals surface area contributed by atoms with Gasteiger partial charge in [-0.1, -0.05) is 48.5 Å². The van der Waals surface area contributed by atoms with Crippen LogP contribution in [0, 0.1) is 10.1 Å². The van der Waals surface area contributed by atoms with Gasteiger partial charge in [0.25, 0.3) is 5.69 Å². The van der Waals surface area contributed by atoms with Gasteiger partial charge in [0.05, 0.1) is 17.4 Å². The van der Waals surface area contributed by atoms with Gasteiger partial charge in [-0.05, 0) is 5.56 Å². The number of aliphatic carboxylic acids is 1. The third-order valence-corrected chi connectivity index (χ3v) is 4.36. The maximum atomic E-state index is 12.1. The number of nitrogens with zero attached hydrogens (tertiary/aromatic N) is 1. The smallest absolute Gasteiger partial charge is 0.407 e. The van der Waals surface area contributed by atoms with Crippen molar-refractivity contribution in [1.29, 1.82) is 0 Å². The van der Waals surface area contributed by atoms with Gasteiger partial charge < -0.3 is 25.6 Å². The third kappa shape index (κ3) is 8.03. The number of carboxylic acids is 1. The zero-order valence-corrected chi connectivity index (χ0v) is 17.0. The summed E-state index contributed by atoms with van der Waals surface area (Å²) in [6.07, 6.45) is -2.87. The number of aliphatic hydroxyl groups excluding tert-OH is 1. The predicted molar refractivity (Wildman–Crippen MR) is 112 cm³/mol. The Morgan fingerprint density at radius 1 is 1.06 bits per heavy atom. The quantitative estimate of drug-likeness (QED) is 0.297. The molecular weight excluding hydrogens is 422 g/mol. The van der Waals surface area contributed by atoms with E-state index < -0.39 is 41.5 Å². The lowest BCUT2D eigenvalue weighted by Crippen LogP contribution is -2.44. The SMILES string of the molecule is O=C(C[C@@H](O)CNC(=O)OCc1ccccc1)N[C@H](Cc1ccccc1[N+](=O)[O-])C(=O)O. The monoisotopic (exact) mass is 445 g/mol. The number of nitro benzene ring substituents is 1.